The summed E-state index contributed by atoms with van der Waals surface area (Å²) in [4.78, 5) is 25.5. The molecule has 2 heterocycles. The Labute approximate surface area is 173 Å². The van der Waals surface area contributed by atoms with Gasteiger partial charge in [-0.15, -0.1) is 0 Å². The van der Waals surface area contributed by atoms with Gasteiger partial charge in [-0.05, 0) is 51.2 Å². The molecule has 6 nitrogen and oxygen atoms in total. The van der Waals surface area contributed by atoms with Crippen molar-refractivity contribution in [3.63, 3.8) is 0 Å². The zero-order valence-electron chi connectivity index (χ0n) is 18.0. The number of aryl methyl sites for hydroxylation is 2. The maximum Gasteiger partial charge on any atom is 0.317 e. The Kier molecular flexibility index (Phi) is 7.20. The fourth-order valence-corrected chi connectivity index (χ4v) is 3.70. The third-order valence-electron chi connectivity index (χ3n) is 5.99. The lowest BCUT2D eigenvalue weighted by atomic mass is 10.0. The number of benzene rings is 1. The molecule has 1 aromatic heterocycles. The van der Waals surface area contributed by atoms with E-state index in [0.29, 0.717) is 0 Å². The molecule has 1 fully saturated rings. The molecule has 1 amide bonds. The molecule has 0 bridgehead atoms. The molecular weight excluding hydrogens is 364 g/mol. The molecule has 0 N–H and O–H groups in total. The summed E-state index contributed by atoms with van der Waals surface area (Å²) in [6.07, 6.45) is 3.07. The summed E-state index contributed by atoms with van der Waals surface area (Å²) in [7, 11) is 1.88. The summed E-state index contributed by atoms with van der Waals surface area (Å²) in [5.74, 6) is -0.0211. The van der Waals surface area contributed by atoms with Crippen LogP contribution in [0.25, 0.3) is 0 Å². The molecule has 0 atom stereocenters. The minimum Gasteiger partial charge on any atom is -0.453 e. The Bertz CT molecular complexity index is 794. The van der Waals surface area contributed by atoms with E-state index in [1.807, 2.05) is 32.7 Å². The lowest BCUT2D eigenvalue weighted by Crippen LogP contribution is -2.47. The second-order valence-corrected chi connectivity index (χ2v) is 7.90. The zero-order valence-corrected chi connectivity index (χ0v) is 18.0. The number of hydrogen-bond acceptors (Lipinski definition) is 5. The highest BCUT2D eigenvalue weighted by Gasteiger charge is 2.25. The molecule has 1 aromatic carbocycles. The molecule has 0 radical (unpaired) electrons. The number of rotatable bonds is 7. The standard InChI is InChI=1S/C23H32N4O2/c1-17-18(2)24-23(25-19(17)3)29-16-22(28)26(4)21-11-14-27(15-12-21)13-10-20-8-6-5-7-9-20/h5-9,21H,10-16H2,1-4H3. The van der Waals surface area contributed by atoms with Gasteiger partial charge >= 0.3 is 6.01 Å². The van der Waals surface area contributed by atoms with Crippen molar-refractivity contribution in [1.82, 2.24) is 19.8 Å². The predicted molar refractivity (Wildman–Crippen MR) is 114 cm³/mol. The number of piperidine rings is 1. The van der Waals surface area contributed by atoms with E-state index in [0.717, 1.165) is 55.8 Å². The number of likely N-dealkylation sites (N-methyl/N-ethyl adjacent to an activating group) is 1. The van der Waals surface area contributed by atoms with Gasteiger partial charge in [0.2, 0.25) is 0 Å². The lowest BCUT2D eigenvalue weighted by molar-refractivity contribution is -0.135. The highest BCUT2D eigenvalue weighted by molar-refractivity contribution is 5.77. The van der Waals surface area contributed by atoms with Crippen LogP contribution >= 0.6 is 0 Å². The highest BCUT2D eigenvalue weighted by atomic mass is 16.5. The van der Waals surface area contributed by atoms with Gasteiger partial charge in [0.05, 0.1) is 0 Å². The smallest absolute Gasteiger partial charge is 0.317 e. The van der Waals surface area contributed by atoms with E-state index < -0.39 is 0 Å². The minimum absolute atomic E-state index is 0.0211. The van der Waals surface area contributed by atoms with Crippen molar-refractivity contribution in [3.8, 4) is 6.01 Å². The monoisotopic (exact) mass is 396 g/mol. The van der Waals surface area contributed by atoms with Crippen molar-refractivity contribution in [2.45, 2.75) is 46.1 Å². The molecule has 0 aliphatic carbocycles. The average Bonchev–Trinajstić information content (AvgIpc) is 2.74. The van der Waals surface area contributed by atoms with Gasteiger partial charge in [-0.25, -0.2) is 9.97 Å². The first-order valence-electron chi connectivity index (χ1n) is 10.4. The Morgan fingerprint density at radius 2 is 1.72 bits per heavy atom. The predicted octanol–water partition coefficient (Wildman–Crippen LogP) is 2.95. The summed E-state index contributed by atoms with van der Waals surface area (Å²) in [5.41, 5.74) is 4.20. The Morgan fingerprint density at radius 3 is 2.34 bits per heavy atom. The van der Waals surface area contributed by atoms with Crippen molar-refractivity contribution < 1.29 is 9.53 Å². The Morgan fingerprint density at radius 1 is 1.10 bits per heavy atom. The summed E-state index contributed by atoms with van der Waals surface area (Å²) in [5, 5.41) is 0. The Balaban J connectivity index is 1.42. The molecule has 6 heteroatoms. The fraction of sp³-hybridized carbons (Fsp3) is 0.522. The minimum atomic E-state index is -0.0212. The molecule has 2 aromatic rings. The van der Waals surface area contributed by atoms with Gasteiger partial charge in [-0.1, -0.05) is 30.3 Å². The number of ether oxygens (including phenoxy) is 1. The topological polar surface area (TPSA) is 58.6 Å². The van der Waals surface area contributed by atoms with Crippen LogP contribution in [-0.2, 0) is 11.2 Å². The molecule has 0 saturated carbocycles. The number of amides is 1. The van der Waals surface area contributed by atoms with Crippen molar-refractivity contribution in [3.05, 3.63) is 52.8 Å². The third-order valence-corrected chi connectivity index (χ3v) is 5.99. The van der Waals surface area contributed by atoms with Crippen molar-refractivity contribution in [2.24, 2.45) is 0 Å². The van der Waals surface area contributed by atoms with E-state index in [-0.39, 0.29) is 24.6 Å². The molecule has 0 unspecified atom stereocenters. The summed E-state index contributed by atoms with van der Waals surface area (Å²) in [6, 6.07) is 11.1. The third kappa shape index (κ3) is 5.76. The SMILES string of the molecule is Cc1nc(OCC(=O)N(C)C2CCN(CCc3ccccc3)CC2)nc(C)c1C. The maximum absolute atomic E-state index is 12.6. The fourth-order valence-electron chi connectivity index (χ4n) is 3.70. The largest absolute Gasteiger partial charge is 0.453 e. The zero-order chi connectivity index (χ0) is 20.8. The molecule has 156 valence electrons. The normalized spacial score (nSPS) is 15.3. The van der Waals surface area contributed by atoms with Crippen LogP contribution in [0.15, 0.2) is 30.3 Å². The van der Waals surface area contributed by atoms with Crippen LogP contribution in [0.5, 0.6) is 6.01 Å². The summed E-state index contributed by atoms with van der Waals surface area (Å²) in [6.45, 7) is 8.94. The van der Waals surface area contributed by atoms with E-state index in [2.05, 4.69) is 45.2 Å². The van der Waals surface area contributed by atoms with E-state index in [9.17, 15) is 4.79 Å². The van der Waals surface area contributed by atoms with Gasteiger partial charge in [0.1, 0.15) is 0 Å². The second-order valence-electron chi connectivity index (χ2n) is 7.90. The van der Waals surface area contributed by atoms with Crippen LogP contribution in [0, 0.1) is 20.8 Å². The molecular formula is C23H32N4O2. The Hall–Kier alpha value is -2.47. The second kappa shape index (κ2) is 9.83. The van der Waals surface area contributed by atoms with E-state index in [1.165, 1.54) is 5.56 Å². The first-order valence-corrected chi connectivity index (χ1v) is 10.4. The highest BCUT2D eigenvalue weighted by Crippen LogP contribution is 2.17. The molecule has 1 aliphatic rings. The van der Waals surface area contributed by atoms with Crippen LogP contribution in [0.1, 0.15) is 35.4 Å². The van der Waals surface area contributed by atoms with Crippen LogP contribution in [0.2, 0.25) is 0 Å². The molecule has 0 spiro atoms. The van der Waals surface area contributed by atoms with E-state index in [1.54, 1.807) is 0 Å². The van der Waals surface area contributed by atoms with Gasteiger partial charge in [0, 0.05) is 44.1 Å². The number of hydrogen-bond donors (Lipinski definition) is 0. The quantitative estimate of drug-likeness (QED) is 0.720. The molecule has 1 aliphatic heterocycles. The van der Waals surface area contributed by atoms with E-state index >= 15 is 0 Å². The molecule has 1 saturated heterocycles. The van der Waals surface area contributed by atoms with Crippen LogP contribution in [0.3, 0.4) is 0 Å². The number of aromatic nitrogens is 2. The van der Waals surface area contributed by atoms with Gasteiger partial charge < -0.3 is 14.5 Å². The summed E-state index contributed by atoms with van der Waals surface area (Å²) >= 11 is 0. The first-order chi connectivity index (χ1) is 13.9. The van der Waals surface area contributed by atoms with Crippen LogP contribution in [-0.4, -0.2) is 65.0 Å². The molecule has 3 rings (SSSR count). The van der Waals surface area contributed by atoms with Gasteiger partial charge in [-0.2, -0.15) is 0 Å². The van der Waals surface area contributed by atoms with Crippen LogP contribution < -0.4 is 4.74 Å². The van der Waals surface area contributed by atoms with Gasteiger partial charge in [0.15, 0.2) is 6.61 Å². The molecule has 29 heavy (non-hydrogen) atoms. The maximum atomic E-state index is 12.6. The number of carbonyl (C=O) groups is 1. The van der Waals surface area contributed by atoms with Crippen molar-refractivity contribution >= 4 is 5.91 Å². The van der Waals surface area contributed by atoms with Gasteiger partial charge in [-0.3, -0.25) is 4.79 Å². The number of likely N-dealkylation sites (tertiary alicyclic amines) is 1. The first kappa shape index (κ1) is 21.2. The average molecular weight is 397 g/mol. The van der Waals surface area contributed by atoms with Crippen LogP contribution in [0.4, 0.5) is 0 Å². The lowest BCUT2D eigenvalue weighted by Gasteiger charge is -2.36. The van der Waals surface area contributed by atoms with Gasteiger partial charge in [0.25, 0.3) is 5.91 Å². The summed E-state index contributed by atoms with van der Waals surface area (Å²) < 4.78 is 5.58. The number of nitrogens with zero attached hydrogens (tertiary/aromatic N) is 4. The number of carbonyl (C=O) groups excluding carboxylic acids is 1. The van der Waals surface area contributed by atoms with Crippen molar-refractivity contribution in [2.75, 3.05) is 33.3 Å². The van der Waals surface area contributed by atoms with Crippen molar-refractivity contribution in [1.29, 1.82) is 0 Å². The van der Waals surface area contributed by atoms with E-state index in [4.69, 9.17) is 4.74 Å².